The maximum absolute atomic E-state index is 10.7. The number of aromatic nitrogens is 2. The number of aromatic carboxylic acids is 1. The monoisotopic (exact) mass is 207 g/mol. The maximum atomic E-state index is 10.7. The highest BCUT2D eigenvalue weighted by atomic mass is 16.4. The van der Waals surface area contributed by atoms with Crippen molar-refractivity contribution in [1.82, 2.24) is 14.9 Å². The highest BCUT2D eigenvalue weighted by Crippen LogP contribution is 2.15. The zero-order valence-electron chi connectivity index (χ0n) is 8.60. The minimum absolute atomic E-state index is 0.105. The average Bonchev–Trinajstić information content (AvgIpc) is 2.27. The fourth-order valence-corrected chi connectivity index (χ4v) is 1.73. The highest BCUT2D eigenvalue weighted by Gasteiger charge is 2.18. The Balaban J connectivity index is 2.30. The van der Waals surface area contributed by atoms with Crippen molar-refractivity contribution >= 4 is 5.97 Å². The molecule has 0 atom stereocenters. The zero-order chi connectivity index (χ0) is 10.8. The van der Waals surface area contributed by atoms with Crippen molar-refractivity contribution in [2.75, 3.05) is 13.1 Å². The molecule has 80 valence electrons. The standard InChI is InChI=1S/C10H13N3O2/c1-2-13-4-3-7-5-11-9(10(14)15)12-8(7)6-13/h5H,2-4,6H2,1H3,(H,14,15). The van der Waals surface area contributed by atoms with Crippen molar-refractivity contribution in [3.8, 4) is 0 Å². The van der Waals surface area contributed by atoms with Gasteiger partial charge in [0.2, 0.25) is 5.82 Å². The largest absolute Gasteiger partial charge is 0.475 e. The van der Waals surface area contributed by atoms with Crippen molar-refractivity contribution in [2.24, 2.45) is 0 Å². The number of carboxylic acids is 1. The molecule has 0 aromatic carbocycles. The topological polar surface area (TPSA) is 66.3 Å². The summed E-state index contributed by atoms with van der Waals surface area (Å²) in [4.78, 5) is 20.8. The SMILES string of the molecule is CCN1CCc2cnc(C(=O)O)nc2C1. The summed E-state index contributed by atoms with van der Waals surface area (Å²) < 4.78 is 0. The lowest BCUT2D eigenvalue weighted by atomic mass is 10.1. The summed E-state index contributed by atoms with van der Waals surface area (Å²) in [7, 11) is 0. The van der Waals surface area contributed by atoms with Crippen LogP contribution in [-0.4, -0.2) is 39.0 Å². The van der Waals surface area contributed by atoms with E-state index in [1.165, 1.54) is 0 Å². The Kier molecular flexibility index (Phi) is 2.64. The normalized spacial score (nSPS) is 16.1. The molecule has 0 saturated carbocycles. The Labute approximate surface area is 87.8 Å². The van der Waals surface area contributed by atoms with Crippen LogP contribution in [0.2, 0.25) is 0 Å². The molecule has 0 unspecified atom stereocenters. The van der Waals surface area contributed by atoms with Crippen LogP contribution in [0, 0.1) is 0 Å². The van der Waals surface area contributed by atoms with Gasteiger partial charge in [0.1, 0.15) is 0 Å². The van der Waals surface area contributed by atoms with Crippen molar-refractivity contribution in [3.63, 3.8) is 0 Å². The number of hydrogen-bond acceptors (Lipinski definition) is 4. The van der Waals surface area contributed by atoms with E-state index in [4.69, 9.17) is 5.11 Å². The molecule has 15 heavy (non-hydrogen) atoms. The number of nitrogens with zero attached hydrogens (tertiary/aromatic N) is 3. The smallest absolute Gasteiger partial charge is 0.373 e. The van der Waals surface area contributed by atoms with Gasteiger partial charge in [0.05, 0.1) is 5.69 Å². The van der Waals surface area contributed by atoms with Crippen LogP contribution < -0.4 is 0 Å². The summed E-state index contributed by atoms with van der Waals surface area (Å²) in [6.07, 6.45) is 2.54. The third kappa shape index (κ3) is 1.97. The van der Waals surface area contributed by atoms with Gasteiger partial charge < -0.3 is 5.11 Å². The van der Waals surface area contributed by atoms with Crippen LogP contribution in [0.1, 0.15) is 28.8 Å². The highest BCUT2D eigenvalue weighted by molar-refractivity contribution is 5.83. The van der Waals surface area contributed by atoms with Crippen LogP contribution in [0.15, 0.2) is 6.20 Å². The number of hydrogen-bond donors (Lipinski definition) is 1. The molecule has 1 aromatic heterocycles. The summed E-state index contributed by atoms with van der Waals surface area (Å²) >= 11 is 0. The third-order valence-electron chi connectivity index (χ3n) is 2.66. The van der Waals surface area contributed by atoms with Gasteiger partial charge in [0.25, 0.3) is 0 Å². The quantitative estimate of drug-likeness (QED) is 0.767. The number of carbonyl (C=O) groups is 1. The van der Waals surface area contributed by atoms with Gasteiger partial charge in [0.15, 0.2) is 0 Å². The number of carboxylic acid groups (broad SMARTS) is 1. The minimum atomic E-state index is -1.06. The van der Waals surface area contributed by atoms with E-state index >= 15 is 0 Å². The molecule has 0 saturated heterocycles. The molecule has 1 aliphatic heterocycles. The Morgan fingerprint density at radius 2 is 2.47 bits per heavy atom. The maximum Gasteiger partial charge on any atom is 0.373 e. The van der Waals surface area contributed by atoms with Crippen LogP contribution in [-0.2, 0) is 13.0 Å². The van der Waals surface area contributed by atoms with E-state index < -0.39 is 5.97 Å². The van der Waals surface area contributed by atoms with E-state index in [0.29, 0.717) is 0 Å². The predicted octanol–water partition coefficient (Wildman–Crippen LogP) is 0.553. The number of fused-ring (bicyclic) bond motifs is 1. The second-order valence-corrected chi connectivity index (χ2v) is 3.59. The van der Waals surface area contributed by atoms with Crippen LogP contribution in [0.4, 0.5) is 0 Å². The molecule has 0 radical (unpaired) electrons. The lowest BCUT2D eigenvalue weighted by molar-refractivity contribution is 0.0682. The van der Waals surface area contributed by atoms with Gasteiger partial charge in [-0.25, -0.2) is 14.8 Å². The van der Waals surface area contributed by atoms with Gasteiger partial charge in [-0.1, -0.05) is 6.92 Å². The van der Waals surface area contributed by atoms with Crippen LogP contribution in [0.3, 0.4) is 0 Å². The fraction of sp³-hybridized carbons (Fsp3) is 0.500. The van der Waals surface area contributed by atoms with Crippen LogP contribution in [0.5, 0.6) is 0 Å². The Hall–Kier alpha value is -1.49. The van der Waals surface area contributed by atoms with E-state index in [1.54, 1.807) is 6.20 Å². The lowest BCUT2D eigenvalue weighted by Crippen LogP contribution is -2.31. The first-order valence-corrected chi connectivity index (χ1v) is 5.01. The van der Waals surface area contributed by atoms with Gasteiger partial charge in [-0.3, -0.25) is 4.90 Å². The summed E-state index contributed by atoms with van der Waals surface area (Å²) in [6.45, 7) is 4.78. The second kappa shape index (κ2) is 3.94. The summed E-state index contributed by atoms with van der Waals surface area (Å²) in [6, 6.07) is 0. The Bertz CT molecular complexity index is 392. The van der Waals surface area contributed by atoms with E-state index in [1.807, 2.05) is 0 Å². The molecule has 1 aliphatic rings. The third-order valence-corrected chi connectivity index (χ3v) is 2.66. The van der Waals surface area contributed by atoms with Gasteiger partial charge in [0, 0.05) is 19.3 Å². The summed E-state index contributed by atoms with van der Waals surface area (Å²) in [5, 5.41) is 8.77. The van der Waals surface area contributed by atoms with Gasteiger partial charge in [-0.2, -0.15) is 0 Å². The first-order valence-electron chi connectivity index (χ1n) is 5.01. The van der Waals surface area contributed by atoms with Crippen LogP contribution in [0.25, 0.3) is 0 Å². The Morgan fingerprint density at radius 1 is 1.67 bits per heavy atom. The molecule has 2 heterocycles. The molecule has 0 fully saturated rings. The lowest BCUT2D eigenvalue weighted by Gasteiger charge is -2.26. The van der Waals surface area contributed by atoms with Gasteiger partial charge in [-0.15, -0.1) is 0 Å². The van der Waals surface area contributed by atoms with Crippen molar-refractivity contribution < 1.29 is 9.90 Å². The minimum Gasteiger partial charge on any atom is -0.475 e. The van der Waals surface area contributed by atoms with E-state index in [9.17, 15) is 4.79 Å². The van der Waals surface area contributed by atoms with E-state index in [-0.39, 0.29) is 5.82 Å². The molecule has 2 rings (SSSR count). The molecule has 0 amide bonds. The second-order valence-electron chi connectivity index (χ2n) is 3.59. The number of rotatable bonds is 2. The first kappa shape index (κ1) is 10.0. The molecule has 0 bridgehead atoms. The molecular weight excluding hydrogens is 194 g/mol. The fourth-order valence-electron chi connectivity index (χ4n) is 1.73. The molecule has 0 spiro atoms. The van der Waals surface area contributed by atoms with Crippen molar-refractivity contribution in [2.45, 2.75) is 19.9 Å². The molecule has 1 N–H and O–H groups in total. The van der Waals surface area contributed by atoms with Gasteiger partial charge >= 0.3 is 5.97 Å². The van der Waals surface area contributed by atoms with Gasteiger partial charge in [-0.05, 0) is 18.5 Å². The van der Waals surface area contributed by atoms with Crippen molar-refractivity contribution in [1.29, 1.82) is 0 Å². The van der Waals surface area contributed by atoms with E-state index in [0.717, 1.165) is 37.3 Å². The molecule has 5 nitrogen and oxygen atoms in total. The Morgan fingerprint density at radius 3 is 3.13 bits per heavy atom. The number of likely N-dealkylation sites (N-methyl/N-ethyl adjacent to an activating group) is 1. The molecule has 5 heteroatoms. The summed E-state index contributed by atoms with van der Waals surface area (Å²) in [5.74, 6) is -1.17. The van der Waals surface area contributed by atoms with Crippen molar-refractivity contribution in [3.05, 3.63) is 23.3 Å². The first-order chi connectivity index (χ1) is 7.20. The molecule has 0 aliphatic carbocycles. The van der Waals surface area contributed by atoms with E-state index in [2.05, 4.69) is 21.8 Å². The average molecular weight is 207 g/mol. The zero-order valence-corrected chi connectivity index (χ0v) is 8.60. The predicted molar refractivity (Wildman–Crippen MR) is 53.6 cm³/mol. The molecule has 1 aromatic rings. The molecular formula is C10H13N3O2. The van der Waals surface area contributed by atoms with Crippen LogP contribution >= 0.6 is 0 Å². The summed E-state index contributed by atoms with van der Waals surface area (Å²) in [5.41, 5.74) is 1.93.